The van der Waals surface area contributed by atoms with Crippen LogP contribution >= 0.6 is 0 Å². The van der Waals surface area contributed by atoms with Crippen LogP contribution in [-0.2, 0) is 4.79 Å². The Hall–Kier alpha value is -2.22. The summed E-state index contributed by atoms with van der Waals surface area (Å²) in [5.41, 5.74) is 5.85. The van der Waals surface area contributed by atoms with E-state index >= 15 is 0 Å². The molecule has 2 heterocycles. The van der Waals surface area contributed by atoms with Gasteiger partial charge in [0.15, 0.2) is 0 Å². The summed E-state index contributed by atoms with van der Waals surface area (Å²) in [6.07, 6.45) is 3.11. The van der Waals surface area contributed by atoms with Gasteiger partial charge in [0, 0.05) is 32.2 Å². The average Bonchev–Trinajstić information content (AvgIpc) is 2.65. The molecule has 1 aliphatic heterocycles. The van der Waals surface area contributed by atoms with Gasteiger partial charge in [0.05, 0.1) is 0 Å². The standard InChI is InChI=1S/C18H29N5O3/c1-12(2)13(19)9-11-22(3)18(26)15-6-4-5-10-23(15)17(25)14-7-8-16(24)21-20-14/h7-8,12-13,15H,4-6,9-11,19H2,1-3H3,(H,21,24). The number of likely N-dealkylation sites (tertiary alicyclic amines) is 1. The number of amides is 2. The van der Waals surface area contributed by atoms with E-state index in [-0.39, 0.29) is 29.1 Å². The third kappa shape index (κ3) is 4.91. The molecule has 2 amide bonds. The van der Waals surface area contributed by atoms with E-state index in [0.29, 0.717) is 25.4 Å². The van der Waals surface area contributed by atoms with Crippen LogP contribution in [0.5, 0.6) is 0 Å². The Morgan fingerprint density at radius 2 is 2.12 bits per heavy atom. The Labute approximate surface area is 153 Å². The van der Waals surface area contributed by atoms with Crippen molar-refractivity contribution in [2.75, 3.05) is 20.1 Å². The predicted octanol–water partition coefficient (Wildman–Crippen LogP) is 0.596. The number of nitrogens with two attached hydrogens (primary N) is 1. The maximum absolute atomic E-state index is 12.9. The number of carbonyl (C=O) groups is 2. The molecular formula is C18H29N5O3. The van der Waals surface area contributed by atoms with Crippen molar-refractivity contribution in [3.63, 3.8) is 0 Å². The Kier molecular flexibility index (Phi) is 6.90. The number of piperidine rings is 1. The molecule has 1 aromatic heterocycles. The molecule has 26 heavy (non-hydrogen) atoms. The lowest BCUT2D eigenvalue weighted by atomic mass is 9.99. The summed E-state index contributed by atoms with van der Waals surface area (Å²) in [4.78, 5) is 40.0. The smallest absolute Gasteiger partial charge is 0.274 e. The van der Waals surface area contributed by atoms with Crippen molar-refractivity contribution >= 4 is 11.8 Å². The van der Waals surface area contributed by atoms with Gasteiger partial charge in [-0.25, -0.2) is 5.10 Å². The van der Waals surface area contributed by atoms with E-state index in [1.54, 1.807) is 16.8 Å². The van der Waals surface area contributed by atoms with Crippen LogP contribution in [0.4, 0.5) is 0 Å². The molecule has 1 fully saturated rings. The molecule has 1 aromatic rings. The van der Waals surface area contributed by atoms with Crippen LogP contribution in [0.25, 0.3) is 0 Å². The SMILES string of the molecule is CC(C)C(N)CCN(C)C(=O)C1CCCCN1C(=O)c1ccc(=O)[nH]n1. The second kappa shape index (κ2) is 8.93. The van der Waals surface area contributed by atoms with Gasteiger partial charge in [-0.2, -0.15) is 5.10 Å². The molecule has 0 bridgehead atoms. The third-order valence-electron chi connectivity index (χ3n) is 4.98. The first kappa shape index (κ1) is 20.1. The van der Waals surface area contributed by atoms with Crippen molar-refractivity contribution in [1.29, 1.82) is 0 Å². The number of aromatic amines is 1. The van der Waals surface area contributed by atoms with Gasteiger partial charge < -0.3 is 15.5 Å². The van der Waals surface area contributed by atoms with Gasteiger partial charge >= 0.3 is 0 Å². The summed E-state index contributed by atoms with van der Waals surface area (Å²) >= 11 is 0. The maximum atomic E-state index is 12.9. The minimum absolute atomic E-state index is 0.0414. The van der Waals surface area contributed by atoms with E-state index in [2.05, 4.69) is 24.0 Å². The van der Waals surface area contributed by atoms with Gasteiger partial charge in [-0.1, -0.05) is 13.8 Å². The summed E-state index contributed by atoms with van der Waals surface area (Å²) in [6, 6.07) is 2.20. The number of likely N-dealkylation sites (N-methyl/N-ethyl adjacent to an activating group) is 1. The first-order valence-electron chi connectivity index (χ1n) is 9.18. The van der Waals surface area contributed by atoms with E-state index in [1.165, 1.54) is 12.1 Å². The number of carbonyl (C=O) groups excluding carboxylic acids is 2. The monoisotopic (exact) mass is 363 g/mol. The van der Waals surface area contributed by atoms with Crippen LogP contribution in [0.1, 0.15) is 50.0 Å². The van der Waals surface area contributed by atoms with Crippen LogP contribution in [-0.4, -0.2) is 64.0 Å². The second-order valence-corrected chi connectivity index (χ2v) is 7.27. The van der Waals surface area contributed by atoms with Crippen LogP contribution in [0.15, 0.2) is 16.9 Å². The van der Waals surface area contributed by atoms with Gasteiger partial charge in [0.1, 0.15) is 11.7 Å². The van der Waals surface area contributed by atoms with E-state index in [1.807, 2.05) is 0 Å². The second-order valence-electron chi connectivity index (χ2n) is 7.27. The highest BCUT2D eigenvalue weighted by molar-refractivity contribution is 5.96. The summed E-state index contributed by atoms with van der Waals surface area (Å²) in [5.74, 6) is -0.0393. The zero-order chi connectivity index (χ0) is 19.3. The van der Waals surface area contributed by atoms with Crippen LogP contribution in [0, 0.1) is 5.92 Å². The minimum atomic E-state index is -0.495. The van der Waals surface area contributed by atoms with Crippen molar-refractivity contribution < 1.29 is 9.59 Å². The molecule has 3 N–H and O–H groups in total. The number of aromatic nitrogens is 2. The van der Waals surface area contributed by atoms with Crippen LogP contribution in [0.2, 0.25) is 0 Å². The average molecular weight is 363 g/mol. The largest absolute Gasteiger partial charge is 0.344 e. The zero-order valence-corrected chi connectivity index (χ0v) is 15.8. The third-order valence-corrected chi connectivity index (χ3v) is 4.98. The zero-order valence-electron chi connectivity index (χ0n) is 15.8. The molecule has 2 atom stereocenters. The number of nitrogens with one attached hydrogen (secondary N) is 1. The lowest BCUT2D eigenvalue weighted by Gasteiger charge is -2.36. The lowest BCUT2D eigenvalue weighted by molar-refractivity contribution is -0.136. The van der Waals surface area contributed by atoms with E-state index in [9.17, 15) is 14.4 Å². The quantitative estimate of drug-likeness (QED) is 0.768. The van der Waals surface area contributed by atoms with Crippen molar-refractivity contribution in [3.8, 4) is 0 Å². The summed E-state index contributed by atoms with van der Waals surface area (Å²) in [5, 5.41) is 6.07. The number of H-pyrrole nitrogens is 1. The molecule has 8 heteroatoms. The number of nitrogens with zero attached hydrogens (tertiary/aromatic N) is 3. The van der Waals surface area contributed by atoms with E-state index < -0.39 is 6.04 Å². The Bertz CT molecular complexity index is 667. The summed E-state index contributed by atoms with van der Waals surface area (Å²) in [7, 11) is 1.75. The van der Waals surface area contributed by atoms with Crippen molar-refractivity contribution in [3.05, 3.63) is 28.2 Å². The Balaban J connectivity index is 2.07. The Morgan fingerprint density at radius 3 is 2.73 bits per heavy atom. The fourth-order valence-electron chi connectivity index (χ4n) is 3.08. The summed E-state index contributed by atoms with van der Waals surface area (Å²) < 4.78 is 0. The molecule has 0 spiro atoms. The lowest BCUT2D eigenvalue weighted by Crippen LogP contribution is -2.53. The van der Waals surface area contributed by atoms with Gasteiger partial charge in [0.25, 0.3) is 11.5 Å². The molecule has 8 nitrogen and oxygen atoms in total. The molecule has 0 saturated carbocycles. The molecule has 0 radical (unpaired) electrons. The van der Waals surface area contributed by atoms with Gasteiger partial charge in [0.2, 0.25) is 5.91 Å². The molecule has 144 valence electrons. The van der Waals surface area contributed by atoms with E-state index in [4.69, 9.17) is 5.73 Å². The van der Waals surface area contributed by atoms with Crippen LogP contribution < -0.4 is 11.3 Å². The first-order valence-corrected chi connectivity index (χ1v) is 9.18. The molecule has 0 aromatic carbocycles. The molecule has 2 unspecified atom stereocenters. The number of rotatable bonds is 6. The first-order chi connectivity index (χ1) is 12.3. The molecule has 2 rings (SSSR count). The van der Waals surface area contributed by atoms with Crippen LogP contribution in [0.3, 0.4) is 0 Å². The molecule has 0 aliphatic carbocycles. The summed E-state index contributed by atoms with van der Waals surface area (Å²) in [6.45, 7) is 5.19. The maximum Gasteiger partial charge on any atom is 0.274 e. The van der Waals surface area contributed by atoms with Gasteiger partial charge in [-0.15, -0.1) is 0 Å². The Morgan fingerprint density at radius 1 is 1.38 bits per heavy atom. The highest BCUT2D eigenvalue weighted by atomic mass is 16.2. The highest BCUT2D eigenvalue weighted by Gasteiger charge is 2.34. The topological polar surface area (TPSA) is 112 Å². The predicted molar refractivity (Wildman–Crippen MR) is 98.6 cm³/mol. The van der Waals surface area contributed by atoms with Crippen molar-refractivity contribution in [2.45, 2.75) is 51.6 Å². The van der Waals surface area contributed by atoms with Crippen molar-refractivity contribution in [2.24, 2.45) is 11.7 Å². The van der Waals surface area contributed by atoms with Crippen molar-refractivity contribution in [1.82, 2.24) is 20.0 Å². The molecule has 1 aliphatic rings. The normalized spacial score (nSPS) is 18.7. The minimum Gasteiger partial charge on any atom is -0.344 e. The fraction of sp³-hybridized carbons (Fsp3) is 0.667. The fourth-order valence-corrected chi connectivity index (χ4v) is 3.08. The molecule has 1 saturated heterocycles. The van der Waals surface area contributed by atoms with Gasteiger partial charge in [-0.3, -0.25) is 14.4 Å². The number of hydrogen-bond donors (Lipinski definition) is 2. The number of hydrogen-bond acceptors (Lipinski definition) is 5. The highest BCUT2D eigenvalue weighted by Crippen LogP contribution is 2.21. The molecular weight excluding hydrogens is 334 g/mol. The van der Waals surface area contributed by atoms with Gasteiger partial charge in [-0.05, 0) is 37.7 Å². The van der Waals surface area contributed by atoms with E-state index in [0.717, 1.165) is 19.3 Å².